The van der Waals surface area contributed by atoms with E-state index in [1.807, 2.05) is 54.6 Å². The zero-order valence-corrected chi connectivity index (χ0v) is 16.2. The van der Waals surface area contributed by atoms with Crippen molar-refractivity contribution in [3.05, 3.63) is 90.3 Å². The maximum absolute atomic E-state index is 12.1. The van der Waals surface area contributed by atoms with Gasteiger partial charge in [-0.1, -0.05) is 30.3 Å². The molecule has 0 bridgehead atoms. The minimum atomic E-state index is -0.547. The lowest BCUT2D eigenvalue weighted by Crippen LogP contribution is -2.06. The van der Waals surface area contributed by atoms with Crippen molar-refractivity contribution in [2.75, 3.05) is 14.2 Å². The number of benzene rings is 2. The van der Waals surface area contributed by atoms with Gasteiger partial charge in [0, 0.05) is 6.20 Å². The van der Waals surface area contributed by atoms with Gasteiger partial charge in [0.1, 0.15) is 23.7 Å². The fourth-order valence-electron chi connectivity index (χ4n) is 2.62. The molecule has 0 spiro atoms. The lowest BCUT2D eigenvalue weighted by atomic mass is 10.1. The molecule has 2 aromatic carbocycles. The standard InChI is InChI=1S/C23H21NO5/c1-26-16-21(23(25)27-2)20-12-7-13-24-22(20)29-19-11-6-8-17(14-19)15-28-18-9-4-3-5-10-18/h3-14,16H,15H2,1-2H3. The Kier molecular flexibility index (Phi) is 6.84. The number of pyridine rings is 1. The van der Waals surface area contributed by atoms with Gasteiger partial charge in [0.2, 0.25) is 5.88 Å². The second kappa shape index (κ2) is 9.94. The van der Waals surface area contributed by atoms with Crippen LogP contribution in [0.3, 0.4) is 0 Å². The Morgan fingerprint density at radius 3 is 2.52 bits per heavy atom. The Bertz CT molecular complexity index is 985. The normalized spacial score (nSPS) is 10.9. The van der Waals surface area contributed by atoms with Crippen LogP contribution in [0.4, 0.5) is 0 Å². The maximum atomic E-state index is 12.1. The summed E-state index contributed by atoms with van der Waals surface area (Å²) in [6.07, 6.45) is 2.89. The zero-order valence-electron chi connectivity index (χ0n) is 16.2. The molecule has 3 aromatic rings. The lowest BCUT2D eigenvalue weighted by Gasteiger charge is -2.12. The van der Waals surface area contributed by atoms with Crippen molar-refractivity contribution in [1.29, 1.82) is 0 Å². The Balaban J connectivity index is 1.80. The SMILES string of the molecule is COC=C(C(=O)OC)c1cccnc1Oc1cccc(COc2ccccc2)c1. The summed E-state index contributed by atoms with van der Waals surface area (Å²) in [5.41, 5.74) is 1.61. The highest BCUT2D eigenvalue weighted by Gasteiger charge is 2.19. The monoisotopic (exact) mass is 391 g/mol. The Labute approximate surface area is 169 Å². The Morgan fingerprint density at radius 2 is 1.76 bits per heavy atom. The molecule has 0 saturated carbocycles. The van der Waals surface area contributed by atoms with E-state index < -0.39 is 5.97 Å². The van der Waals surface area contributed by atoms with Gasteiger partial charge < -0.3 is 18.9 Å². The first kappa shape index (κ1) is 19.9. The molecule has 0 atom stereocenters. The molecule has 0 fully saturated rings. The second-order valence-corrected chi connectivity index (χ2v) is 5.97. The van der Waals surface area contributed by atoms with E-state index in [0.717, 1.165) is 11.3 Å². The van der Waals surface area contributed by atoms with Gasteiger partial charge in [0.25, 0.3) is 0 Å². The van der Waals surface area contributed by atoms with Crippen LogP contribution in [-0.4, -0.2) is 25.2 Å². The van der Waals surface area contributed by atoms with Crippen molar-refractivity contribution in [3.8, 4) is 17.4 Å². The Morgan fingerprint density at radius 1 is 0.966 bits per heavy atom. The fourth-order valence-corrected chi connectivity index (χ4v) is 2.62. The second-order valence-electron chi connectivity index (χ2n) is 5.97. The molecule has 1 heterocycles. The van der Waals surface area contributed by atoms with Crippen LogP contribution in [-0.2, 0) is 20.9 Å². The van der Waals surface area contributed by atoms with Crippen molar-refractivity contribution >= 4 is 11.5 Å². The summed E-state index contributed by atoms with van der Waals surface area (Å²) in [7, 11) is 2.76. The predicted octanol–water partition coefficient (Wildman–Crippen LogP) is 4.61. The van der Waals surface area contributed by atoms with Crippen LogP contribution >= 0.6 is 0 Å². The summed E-state index contributed by atoms with van der Waals surface area (Å²) in [5.74, 6) is 1.08. The molecule has 1 aromatic heterocycles. The number of carbonyl (C=O) groups excluding carboxylic acids is 1. The molecular formula is C23H21NO5. The van der Waals surface area contributed by atoms with Crippen LogP contribution in [0, 0.1) is 0 Å². The highest BCUT2D eigenvalue weighted by atomic mass is 16.5. The van der Waals surface area contributed by atoms with E-state index in [1.165, 1.54) is 20.5 Å². The number of carbonyl (C=O) groups is 1. The number of rotatable bonds is 8. The van der Waals surface area contributed by atoms with Gasteiger partial charge in [0.05, 0.1) is 26.0 Å². The molecule has 0 unspecified atom stereocenters. The molecule has 0 radical (unpaired) electrons. The van der Waals surface area contributed by atoms with E-state index in [9.17, 15) is 4.79 Å². The van der Waals surface area contributed by atoms with Gasteiger partial charge >= 0.3 is 5.97 Å². The van der Waals surface area contributed by atoms with Crippen molar-refractivity contribution in [2.24, 2.45) is 0 Å². The lowest BCUT2D eigenvalue weighted by molar-refractivity contribution is -0.133. The summed E-state index contributed by atoms with van der Waals surface area (Å²) in [5, 5.41) is 0. The van der Waals surface area contributed by atoms with Crippen LogP contribution in [0.5, 0.6) is 17.4 Å². The number of hydrogen-bond acceptors (Lipinski definition) is 6. The fraction of sp³-hybridized carbons (Fsp3) is 0.130. The molecule has 0 aliphatic carbocycles. The number of methoxy groups -OCH3 is 2. The summed E-state index contributed by atoms with van der Waals surface area (Å²) in [4.78, 5) is 16.4. The van der Waals surface area contributed by atoms with Crippen LogP contribution in [0.25, 0.3) is 5.57 Å². The highest BCUT2D eigenvalue weighted by molar-refractivity contribution is 6.16. The zero-order chi connectivity index (χ0) is 20.5. The van der Waals surface area contributed by atoms with Gasteiger partial charge in [-0.2, -0.15) is 0 Å². The van der Waals surface area contributed by atoms with E-state index in [0.29, 0.717) is 17.9 Å². The Hall–Kier alpha value is -3.80. The minimum Gasteiger partial charge on any atom is -0.503 e. The molecule has 0 aliphatic rings. The van der Waals surface area contributed by atoms with Gasteiger partial charge in [-0.15, -0.1) is 0 Å². The molecule has 29 heavy (non-hydrogen) atoms. The van der Waals surface area contributed by atoms with Crippen molar-refractivity contribution in [1.82, 2.24) is 4.98 Å². The van der Waals surface area contributed by atoms with Crippen molar-refractivity contribution in [3.63, 3.8) is 0 Å². The first-order valence-electron chi connectivity index (χ1n) is 8.92. The van der Waals surface area contributed by atoms with Crippen LogP contribution < -0.4 is 9.47 Å². The topological polar surface area (TPSA) is 66.9 Å². The minimum absolute atomic E-state index is 0.210. The number of nitrogens with zero attached hydrogens (tertiary/aromatic N) is 1. The largest absolute Gasteiger partial charge is 0.503 e. The van der Waals surface area contributed by atoms with Crippen LogP contribution in [0.15, 0.2) is 79.2 Å². The first-order chi connectivity index (χ1) is 14.2. The highest BCUT2D eigenvalue weighted by Crippen LogP contribution is 2.29. The van der Waals surface area contributed by atoms with E-state index in [-0.39, 0.29) is 11.5 Å². The number of hydrogen-bond donors (Lipinski definition) is 0. The average molecular weight is 391 g/mol. The quantitative estimate of drug-likeness (QED) is 0.317. The third-order valence-electron chi connectivity index (χ3n) is 3.96. The molecule has 0 amide bonds. The molecule has 6 heteroatoms. The smallest absolute Gasteiger partial charge is 0.341 e. The van der Waals surface area contributed by atoms with E-state index in [2.05, 4.69) is 4.98 Å². The van der Waals surface area contributed by atoms with Gasteiger partial charge in [-0.05, 0) is 42.0 Å². The third kappa shape index (κ3) is 5.35. The van der Waals surface area contributed by atoms with E-state index in [4.69, 9.17) is 18.9 Å². The summed E-state index contributed by atoms with van der Waals surface area (Å²) >= 11 is 0. The van der Waals surface area contributed by atoms with Gasteiger partial charge in [-0.25, -0.2) is 9.78 Å². The molecular weight excluding hydrogens is 370 g/mol. The van der Waals surface area contributed by atoms with Crippen molar-refractivity contribution in [2.45, 2.75) is 6.61 Å². The summed E-state index contributed by atoms with van der Waals surface area (Å²) < 4.78 is 21.6. The number of esters is 1. The molecule has 0 saturated heterocycles. The molecule has 148 valence electrons. The third-order valence-corrected chi connectivity index (χ3v) is 3.96. The number of para-hydroxylation sites is 1. The van der Waals surface area contributed by atoms with Crippen LogP contribution in [0.2, 0.25) is 0 Å². The van der Waals surface area contributed by atoms with Crippen molar-refractivity contribution < 1.29 is 23.7 Å². The van der Waals surface area contributed by atoms with E-state index >= 15 is 0 Å². The molecule has 3 rings (SSSR count). The maximum Gasteiger partial charge on any atom is 0.341 e. The first-order valence-corrected chi connectivity index (χ1v) is 8.92. The number of aromatic nitrogens is 1. The predicted molar refractivity (Wildman–Crippen MR) is 109 cm³/mol. The average Bonchev–Trinajstić information content (AvgIpc) is 2.77. The number of ether oxygens (including phenoxy) is 4. The molecule has 0 N–H and O–H groups in total. The van der Waals surface area contributed by atoms with Crippen LogP contribution in [0.1, 0.15) is 11.1 Å². The van der Waals surface area contributed by atoms with Gasteiger partial charge in [0.15, 0.2) is 0 Å². The summed E-state index contributed by atoms with van der Waals surface area (Å²) in [6.45, 7) is 0.396. The van der Waals surface area contributed by atoms with E-state index in [1.54, 1.807) is 18.3 Å². The molecule has 0 aliphatic heterocycles. The summed E-state index contributed by atoms with van der Waals surface area (Å²) in [6, 6.07) is 20.5. The van der Waals surface area contributed by atoms with Gasteiger partial charge in [-0.3, -0.25) is 0 Å². The molecule has 6 nitrogen and oxygen atoms in total.